The van der Waals surface area contributed by atoms with Crippen molar-refractivity contribution in [3.8, 4) is 0 Å². The fourth-order valence-corrected chi connectivity index (χ4v) is 1.61. The minimum absolute atomic E-state index is 0.0847. The van der Waals surface area contributed by atoms with E-state index in [0.717, 1.165) is 17.6 Å². The lowest BCUT2D eigenvalue weighted by Gasteiger charge is -2.06. The minimum atomic E-state index is -0.575. The lowest BCUT2D eigenvalue weighted by atomic mass is 10.2. The van der Waals surface area contributed by atoms with Gasteiger partial charge in [0.15, 0.2) is 0 Å². The van der Waals surface area contributed by atoms with Crippen LogP contribution in [-0.4, -0.2) is 24.1 Å². The van der Waals surface area contributed by atoms with E-state index in [-0.39, 0.29) is 11.3 Å². The van der Waals surface area contributed by atoms with Crippen LogP contribution in [0.3, 0.4) is 0 Å². The molecule has 0 aliphatic heterocycles. The average molecular weight is 243 g/mol. The van der Waals surface area contributed by atoms with E-state index in [0.29, 0.717) is 6.61 Å². The van der Waals surface area contributed by atoms with Crippen LogP contribution in [0.1, 0.15) is 17.3 Å². The van der Waals surface area contributed by atoms with E-state index in [1.54, 1.807) is 11.8 Å². The van der Waals surface area contributed by atoms with E-state index in [1.807, 2.05) is 6.92 Å². The summed E-state index contributed by atoms with van der Waals surface area (Å²) < 4.78 is 17.8. The van der Waals surface area contributed by atoms with E-state index in [9.17, 15) is 9.18 Å². The first-order chi connectivity index (χ1) is 7.65. The maximum absolute atomic E-state index is 12.9. The molecule has 16 heavy (non-hydrogen) atoms. The maximum atomic E-state index is 12.9. The molecule has 3 nitrogen and oxygen atoms in total. The number of carbonyl (C=O) groups is 1. The smallest absolute Gasteiger partial charge is 0.340 e. The predicted octanol–water partition coefficient (Wildman–Crippen LogP) is 2.32. The Morgan fingerprint density at radius 3 is 3.00 bits per heavy atom. The molecule has 0 spiro atoms. The molecular weight excluding hydrogens is 229 g/mol. The van der Waals surface area contributed by atoms with Crippen LogP contribution in [0.2, 0.25) is 0 Å². The second-order valence-corrected chi connectivity index (χ2v) is 4.46. The van der Waals surface area contributed by atoms with Gasteiger partial charge in [0.05, 0.1) is 5.56 Å². The van der Waals surface area contributed by atoms with Crippen molar-refractivity contribution in [1.82, 2.24) is 0 Å². The number of benzene rings is 1. The SMILES string of the molecule is CCSCCOC(=O)c1cc(F)ccc1N. The molecule has 0 aliphatic carbocycles. The molecule has 0 unspecified atom stereocenters. The van der Waals surface area contributed by atoms with Gasteiger partial charge in [-0.15, -0.1) is 0 Å². The standard InChI is InChI=1S/C11H14FNO2S/c1-2-16-6-5-15-11(14)9-7-8(12)3-4-10(9)13/h3-4,7H,2,5-6,13H2,1H3. The molecule has 0 aliphatic rings. The molecule has 0 amide bonds. The van der Waals surface area contributed by atoms with Gasteiger partial charge in [0, 0.05) is 11.4 Å². The number of anilines is 1. The summed E-state index contributed by atoms with van der Waals surface area (Å²) in [5, 5.41) is 0. The summed E-state index contributed by atoms with van der Waals surface area (Å²) in [5.74, 6) is 0.634. The van der Waals surface area contributed by atoms with Crippen molar-refractivity contribution in [3.05, 3.63) is 29.6 Å². The zero-order valence-corrected chi connectivity index (χ0v) is 9.85. The van der Waals surface area contributed by atoms with Gasteiger partial charge in [0.25, 0.3) is 0 Å². The first kappa shape index (κ1) is 12.8. The highest BCUT2D eigenvalue weighted by Gasteiger charge is 2.11. The quantitative estimate of drug-likeness (QED) is 0.490. The molecule has 5 heteroatoms. The first-order valence-electron chi connectivity index (χ1n) is 4.95. The van der Waals surface area contributed by atoms with Crippen molar-refractivity contribution in [3.63, 3.8) is 0 Å². The number of hydrogen-bond acceptors (Lipinski definition) is 4. The lowest BCUT2D eigenvalue weighted by Crippen LogP contribution is -2.10. The lowest BCUT2D eigenvalue weighted by molar-refractivity contribution is 0.0531. The fraction of sp³-hybridized carbons (Fsp3) is 0.364. The molecular formula is C11H14FNO2S. The Morgan fingerprint density at radius 1 is 1.56 bits per heavy atom. The summed E-state index contributed by atoms with van der Waals surface area (Å²) in [7, 11) is 0. The molecule has 0 saturated carbocycles. The maximum Gasteiger partial charge on any atom is 0.340 e. The third-order valence-corrected chi connectivity index (χ3v) is 2.76. The number of nitrogen functional groups attached to an aromatic ring is 1. The number of nitrogens with two attached hydrogens (primary N) is 1. The van der Waals surface area contributed by atoms with Crippen molar-refractivity contribution < 1.29 is 13.9 Å². The topological polar surface area (TPSA) is 52.3 Å². The van der Waals surface area contributed by atoms with E-state index < -0.39 is 11.8 Å². The van der Waals surface area contributed by atoms with Crippen LogP contribution in [-0.2, 0) is 4.74 Å². The summed E-state index contributed by atoms with van der Waals surface area (Å²) in [6.45, 7) is 2.34. The van der Waals surface area contributed by atoms with Crippen LogP contribution in [0.25, 0.3) is 0 Å². The van der Waals surface area contributed by atoms with Crippen LogP contribution in [0.4, 0.5) is 10.1 Å². The fourth-order valence-electron chi connectivity index (χ4n) is 1.12. The molecule has 0 fully saturated rings. The molecule has 0 bridgehead atoms. The van der Waals surface area contributed by atoms with Gasteiger partial charge in [-0.25, -0.2) is 9.18 Å². The molecule has 0 saturated heterocycles. The van der Waals surface area contributed by atoms with Crippen LogP contribution < -0.4 is 5.73 Å². The minimum Gasteiger partial charge on any atom is -0.461 e. The highest BCUT2D eigenvalue weighted by Crippen LogP contribution is 2.14. The van der Waals surface area contributed by atoms with Gasteiger partial charge in [0.2, 0.25) is 0 Å². The number of carbonyl (C=O) groups excluding carboxylic acids is 1. The largest absolute Gasteiger partial charge is 0.461 e. The van der Waals surface area contributed by atoms with Gasteiger partial charge < -0.3 is 10.5 Å². The Kier molecular flexibility index (Phi) is 5.11. The van der Waals surface area contributed by atoms with E-state index in [4.69, 9.17) is 10.5 Å². The second kappa shape index (κ2) is 6.37. The van der Waals surface area contributed by atoms with Crippen molar-refractivity contribution in [2.75, 3.05) is 23.8 Å². The van der Waals surface area contributed by atoms with Crippen molar-refractivity contribution in [2.24, 2.45) is 0 Å². The Labute approximate surface area is 98.2 Å². The Hall–Kier alpha value is -1.23. The average Bonchev–Trinajstić information content (AvgIpc) is 2.27. The van der Waals surface area contributed by atoms with E-state index in [2.05, 4.69) is 0 Å². The molecule has 1 aromatic rings. The summed E-state index contributed by atoms with van der Waals surface area (Å²) >= 11 is 1.67. The molecule has 88 valence electrons. The summed E-state index contributed by atoms with van der Waals surface area (Å²) in [6, 6.07) is 3.65. The van der Waals surface area contributed by atoms with Crippen LogP contribution in [0.15, 0.2) is 18.2 Å². The molecule has 1 aromatic carbocycles. The van der Waals surface area contributed by atoms with E-state index in [1.165, 1.54) is 12.1 Å². The predicted molar refractivity (Wildman–Crippen MR) is 64.1 cm³/mol. The highest BCUT2D eigenvalue weighted by molar-refractivity contribution is 7.99. The summed E-state index contributed by atoms with van der Waals surface area (Å²) in [5.41, 5.74) is 5.86. The van der Waals surface area contributed by atoms with Crippen LogP contribution >= 0.6 is 11.8 Å². The zero-order valence-electron chi connectivity index (χ0n) is 9.03. The normalized spacial score (nSPS) is 10.1. The monoisotopic (exact) mass is 243 g/mol. The van der Waals surface area contributed by atoms with E-state index >= 15 is 0 Å². The Bertz CT molecular complexity index is 371. The Balaban J connectivity index is 2.55. The van der Waals surface area contributed by atoms with Gasteiger partial charge in [-0.3, -0.25) is 0 Å². The number of ether oxygens (including phenoxy) is 1. The number of halogens is 1. The molecule has 0 radical (unpaired) electrons. The highest BCUT2D eigenvalue weighted by atomic mass is 32.2. The van der Waals surface area contributed by atoms with Crippen molar-refractivity contribution in [1.29, 1.82) is 0 Å². The molecule has 1 rings (SSSR count). The Morgan fingerprint density at radius 2 is 2.31 bits per heavy atom. The zero-order chi connectivity index (χ0) is 12.0. The van der Waals surface area contributed by atoms with Crippen LogP contribution in [0, 0.1) is 5.82 Å². The summed E-state index contributed by atoms with van der Waals surface area (Å²) in [6.07, 6.45) is 0. The van der Waals surface area contributed by atoms with Gasteiger partial charge in [-0.05, 0) is 24.0 Å². The number of hydrogen-bond donors (Lipinski definition) is 1. The number of rotatable bonds is 5. The van der Waals surface area contributed by atoms with Gasteiger partial charge in [-0.2, -0.15) is 11.8 Å². The third-order valence-electron chi connectivity index (χ3n) is 1.90. The van der Waals surface area contributed by atoms with Crippen molar-refractivity contribution in [2.45, 2.75) is 6.92 Å². The second-order valence-electron chi connectivity index (χ2n) is 3.06. The third kappa shape index (κ3) is 3.73. The molecule has 0 heterocycles. The molecule has 2 N–H and O–H groups in total. The van der Waals surface area contributed by atoms with Gasteiger partial charge >= 0.3 is 5.97 Å². The van der Waals surface area contributed by atoms with Gasteiger partial charge in [0.1, 0.15) is 12.4 Å². The number of esters is 1. The first-order valence-corrected chi connectivity index (χ1v) is 6.10. The van der Waals surface area contributed by atoms with Crippen LogP contribution in [0.5, 0.6) is 0 Å². The summed E-state index contributed by atoms with van der Waals surface area (Å²) in [4.78, 5) is 11.5. The molecule has 0 aromatic heterocycles. The molecule has 0 atom stereocenters. The number of thioether (sulfide) groups is 1. The van der Waals surface area contributed by atoms with Crippen molar-refractivity contribution >= 4 is 23.4 Å². The van der Waals surface area contributed by atoms with Gasteiger partial charge in [-0.1, -0.05) is 6.92 Å².